The van der Waals surface area contributed by atoms with Crippen LogP contribution in [0.1, 0.15) is 19.8 Å². The molecular weight excluding hydrogens is 288 g/mol. The predicted octanol–water partition coefficient (Wildman–Crippen LogP) is 3.61. The van der Waals surface area contributed by atoms with Crippen LogP contribution < -0.4 is 4.90 Å². The Morgan fingerprint density at radius 1 is 0.783 bits per heavy atom. The minimum atomic E-state index is -0.0831. The monoisotopic (exact) mass is 310 g/mol. The second kappa shape index (κ2) is 8.13. The van der Waals surface area contributed by atoms with E-state index in [4.69, 9.17) is 0 Å². The molecule has 0 N–H and O–H groups in total. The molecule has 120 valence electrons. The summed E-state index contributed by atoms with van der Waals surface area (Å²) in [7, 11) is 1.75. The molecule has 0 aliphatic rings. The third-order valence-electron chi connectivity index (χ3n) is 3.73. The van der Waals surface area contributed by atoms with Gasteiger partial charge in [-0.25, -0.2) is 0 Å². The van der Waals surface area contributed by atoms with Crippen molar-refractivity contribution < 1.29 is 9.59 Å². The van der Waals surface area contributed by atoms with Gasteiger partial charge in [0.2, 0.25) is 11.8 Å². The van der Waals surface area contributed by atoms with Crippen molar-refractivity contribution in [1.82, 2.24) is 4.90 Å². The van der Waals surface area contributed by atoms with E-state index in [0.29, 0.717) is 6.54 Å². The fourth-order valence-corrected chi connectivity index (χ4v) is 2.28. The molecule has 0 heterocycles. The molecule has 23 heavy (non-hydrogen) atoms. The van der Waals surface area contributed by atoms with Crippen LogP contribution >= 0.6 is 0 Å². The van der Waals surface area contributed by atoms with Crippen molar-refractivity contribution in [2.75, 3.05) is 18.5 Å². The van der Waals surface area contributed by atoms with E-state index in [0.717, 1.165) is 11.4 Å². The number of nitrogens with zero attached hydrogens (tertiary/aromatic N) is 2. The molecule has 0 saturated heterocycles. The molecule has 0 aliphatic heterocycles. The topological polar surface area (TPSA) is 40.6 Å². The fourth-order valence-electron chi connectivity index (χ4n) is 2.28. The van der Waals surface area contributed by atoms with Crippen molar-refractivity contribution in [3.63, 3.8) is 0 Å². The van der Waals surface area contributed by atoms with Gasteiger partial charge in [-0.15, -0.1) is 0 Å². The number of benzene rings is 2. The van der Waals surface area contributed by atoms with Gasteiger partial charge in [0.25, 0.3) is 0 Å². The van der Waals surface area contributed by atoms with Gasteiger partial charge < -0.3 is 4.90 Å². The van der Waals surface area contributed by atoms with Gasteiger partial charge in [0, 0.05) is 37.8 Å². The molecule has 2 aromatic rings. The lowest BCUT2D eigenvalue weighted by atomic mass is 10.2. The highest BCUT2D eigenvalue weighted by molar-refractivity contribution is 6.01. The van der Waals surface area contributed by atoms with Gasteiger partial charge in [0.1, 0.15) is 0 Å². The summed E-state index contributed by atoms with van der Waals surface area (Å²) in [6, 6.07) is 19.0. The Morgan fingerprint density at radius 3 is 1.65 bits per heavy atom. The van der Waals surface area contributed by atoms with Crippen LogP contribution in [0, 0.1) is 0 Å². The molecule has 0 bridgehead atoms. The number of rotatable bonds is 6. The summed E-state index contributed by atoms with van der Waals surface area (Å²) >= 11 is 0. The molecule has 2 rings (SSSR count). The number of hydrogen-bond acceptors (Lipinski definition) is 2. The van der Waals surface area contributed by atoms with E-state index in [9.17, 15) is 9.59 Å². The molecule has 0 unspecified atom stereocenters. The molecule has 0 atom stereocenters. The van der Waals surface area contributed by atoms with Crippen molar-refractivity contribution in [3.8, 4) is 0 Å². The lowest BCUT2D eigenvalue weighted by molar-refractivity contribution is -0.131. The summed E-state index contributed by atoms with van der Waals surface area (Å²) in [6.45, 7) is 2.56. The van der Waals surface area contributed by atoms with Crippen molar-refractivity contribution in [2.45, 2.75) is 19.8 Å². The van der Waals surface area contributed by atoms with Gasteiger partial charge in [-0.3, -0.25) is 14.5 Å². The summed E-state index contributed by atoms with van der Waals surface area (Å²) in [6.07, 6.45) is 0.409. The van der Waals surface area contributed by atoms with Gasteiger partial charge in [0.15, 0.2) is 0 Å². The quantitative estimate of drug-likeness (QED) is 0.818. The van der Waals surface area contributed by atoms with E-state index < -0.39 is 0 Å². The standard InChI is InChI=1S/C19H22N2O2/c1-3-20(2)18(22)14-15-19(23)21(16-10-6-4-7-11-16)17-12-8-5-9-13-17/h4-13H,3,14-15H2,1-2H3. The Labute approximate surface area is 137 Å². The third kappa shape index (κ3) is 4.42. The summed E-state index contributed by atoms with van der Waals surface area (Å²) in [5.74, 6) is -0.0952. The van der Waals surface area contributed by atoms with E-state index in [1.165, 1.54) is 0 Å². The fraction of sp³-hybridized carbons (Fsp3) is 0.263. The third-order valence-corrected chi connectivity index (χ3v) is 3.73. The highest BCUT2D eigenvalue weighted by atomic mass is 16.2. The Kier molecular flexibility index (Phi) is 5.92. The zero-order valence-corrected chi connectivity index (χ0v) is 13.6. The molecule has 0 aliphatic carbocycles. The molecule has 2 amide bonds. The van der Waals surface area contributed by atoms with Gasteiger partial charge in [-0.05, 0) is 31.2 Å². The van der Waals surface area contributed by atoms with Crippen LogP contribution in [0.4, 0.5) is 11.4 Å². The number of anilines is 2. The van der Waals surface area contributed by atoms with E-state index in [1.54, 1.807) is 16.8 Å². The van der Waals surface area contributed by atoms with Gasteiger partial charge in [-0.1, -0.05) is 36.4 Å². The average molecular weight is 310 g/mol. The normalized spacial score (nSPS) is 10.2. The highest BCUT2D eigenvalue weighted by Crippen LogP contribution is 2.26. The second-order valence-electron chi connectivity index (χ2n) is 5.31. The first-order valence-corrected chi connectivity index (χ1v) is 7.80. The van der Waals surface area contributed by atoms with Gasteiger partial charge in [-0.2, -0.15) is 0 Å². The molecule has 0 radical (unpaired) electrons. The molecule has 4 nitrogen and oxygen atoms in total. The zero-order chi connectivity index (χ0) is 16.7. The van der Waals surface area contributed by atoms with E-state index in [2.05, 4.69) is 0 Å². The molecule has 2 aromatic carbocycles. The SMILES string of the molecule is CCN(C)C(=O)CCC(=O)N(c1ccccc1)c1ccccc1. The van der Waals surface area contributed by atoms with E-state index in [-0.39, 0.29) is 24.7 Å². The van der Waals surface area contributed by atoms with Crippen molar-refractivity contribution in [1.29, 1.82) is 0 Å². The Balaban J connectivity index is 2.18. The summed E-state index contributed by atoms with van der Waals surface area (Å²) < 4.78 is 0. The lowest BCUT2D eigenvalue weighted by Gasteiger charge is -2.23. The molecule has 4 heteroatoms. The number of amides is 2. The maximum absolute atomic E-state index is 12.7. The summed E-state index contributed by atoms with van der Waals surface area (Å²) in [4.78, 5) is 27.9. The second-order valence-corrected chi connectivity index (χ2v) is 5.31. The average Bonchev–Trinajstić information content (AvgIpc) is 2.61. The molecule has 0 fully saturated rings. The van der Waals surface area contributed by atoms with E-state index in [1.807, 2.05) is 67.6 Å². The number of carbonyl (C=O) groups is 2. The van der Waals surface area contributed by atoms with Crippen molar-refractivity contribution in [2.24, 2.45) is 0 Å². The van der Waals surface area contributed by atoms with Crippen LogP contribution in [0.15, 0.2) is 60.7 Å². The number of hydrogen-bond donors (Lipinski definition) is 0. The highest BCUT2D eigenvalue weighted by Gasteiger charge is 2.19. The van der Waals surface area contributed by atoms with Gasteiger partial charge in [0.05, 0.1) is 0 Å². The summed E-state index contributed by atoms with van der Waals surface area (Å²) in [5.41, 5.74) is 1.61. The largest absolute Gasteiger partial charge is 0.346 e. The molecule has 0 aromatic heterocycles. The maximum atomic E-state index is 12.7. The van der Waals surface area contributed by atoms with Crippen LogP contribution in [0.5, 0.6) is 0 Å². The predicted molar refractivity (Wildman–Crippen MR) is 92.6 cm³/mol. The smallest absolute Gasteiger partial charge is 0.232 e. The first-order chi connectivity index (χ1) is 11.1. The van der Waals surface area contributed by atoms with Crippen LogP contribution in [0.25, 0.3) is 0 Å². The van der Waals surface area contributed by atoms with Crippen LogP contribution in [0.2, 0.25) is 0 Å². The Bertz CT molecular complexity index is 601. The Morgan fingerprint density at radius 2 is 1.22 bits per heavy atom. The Hall–Kier alpha value is -2.62. The van der Waals surface area contributed by atoms with Crippen molar-refractivity contribution in [3.05, 3.63) is 60.7 Å². The van der Waals surface area contributed by atoms with Crippen LogP contribution in [0.3, 0.4) is 0 Å². The first-order valence-electron chi connectivity index (χ1n) is 7.80. The molecular formula is C19H22N2O2. The van der Waals surface area contributed by atoms with Crippen molar-refractivity contribution >= 4 is 23.2 Å². The molecule has 0 spiro atoms. The van der Waals surface area contributed by atoms with Crippen LogP contribution in [-0.4, -0.2) is 30.3 Å². The zero-order valence-electron chi connectivity index (χ0n) is 13.6. The molecule has 0 saturated carbocycles. The van der Waals surface area contributed by atoms with Gasteiger partial charge >= 0.3 is 0 Å². The first kappa shape index (κ1) is 16.7. The number of carbonyl (C=O) groups excluding carboxylic acids is 2. The van der Waals surface area contributed by atoms with E-state index >= 15 is 0 Å². The summed E-state index contributed by atoms with van der Waals surface area (Å²) in [5, 5.41) is 0. The van der Waals surface area contributed by atoms with Crippen LogP contribution in [-0.2, 0) is 9.59 Å². The minimum Gasteiger partial charge on any atom is -0.346 e. The lowest BCUT2D eigenvalue weighted by Crippen LogP contribution is -2.30. The maximum Gasteiger partial charge on any atom is 0.232 e. The minimum absolute atomic E-state index is 0.0121. The number of para-hydroxylation sites is 2.